The van der Waals surface area contributed by atoms with Crippen molar-refractivity contribution in [3.8, 4) is 11.5 Å². The van der Waals surface area contributed by atoms with E-state index < -0.39 is 0 Å². The van der Waals surface area contributed by atoms with Crippen molar-refractivity contribution in [2.75, 3.05) is 6.79 Å². The molecule has 1 radical (unpaired) electrons. The van der Waals surface area contributed by atoms with E-state index in [0.717, 1.165) is 17.1 Å². The Morgan fingerprint density at radius 1 is 1.42 bits per heavy atom. The zero-order valence-corrected chi connectivity index (χ0v) is 6.67. The highest BCUT2D eigenvalue weighted by Gasteiger charge is 2.15. The highest BCUT2D eigenvalue weighted by Crippen LogP contribution is 2.34. The number of ether oxygens (including phenoxy) is 2. The summed E-state index contributed by atoms with van der Waals surface area (Å²) in [7, 11) is 3.56. The van der Waals surface area contributed by atoms with Crippen molar-refractivity contribution in [2.45, 2.75) is 6.54 Å². The average Bonchev–Trinajstić information content (AvgIpc) is 2.53. The van der Waals surface area contributed by atoms with Crippen molar-refractivity contribution >= 4 is 0 Å². The molecule has 0 aliphatic carbocycles. The third-order valence-electron chi connectivity index (χ3n) is 1.79. The van der Waals surface area contributed by atoms with Crippen LogP contribution in [0.3, 0.4) is 0 Å². The molecule has 1 aliphatic rings. The minimum absolute atomic E-state index is 0.323. The van der Waals surface area contributed by atoms with Gasteiger partial charge in [-0.05, 0) is 6.07 Å². The second-order valence-corrected chi connectivity index (χ2v) is 2.58. The van der Waals surface area contributed by atoms with E-state index in [-0.39, 0.29) is 0 Å². The summed E-state index contributed by atoms with van der Waals surface area (Å²) < 4.78 is 10.5. The average molecular weight is 164 g/mol. The van der Waals surface area contributed by atoms with Gasteiger partial charge in [0.15, 0.2) is 11.5 Å². The molecule has 0 atom stereocenters. The maximum absolute atomic E-state index is 5.29. The van der Waals surface area contributed by atoms with E-state index in [1.54, 1.807) is 0 Å². The minimum Gasteiger partial charge on any atom is -0.454 e. The third-order valence-corrected chi connectivity index (χ3v) is 1.79. The molecule has 1 N–H and O–H groups in total. The molecule has 0 unspecified atom stereocenters. The number of nitrogens with one attached hydrogen (secondary N) is 1. The second-order valence-electron chi connectivity index (χ2n) is 2.58. The number of hydrogen-bond donors (Lipinski definition) is 1. The predicted octanol–water partition coefficient (Wildman–Crippen LogP) is 1.30. The molecule has 12 heavy (non-hydrogen) atoms. The van der Waals surface area contributed by atoms with Crippen LogP contribution in [0.5, 0.6) is 11.5 Å². The number of fused-ring (bicyclic) bond motifs is 1. The van der Waals surface area contributed by atoms with Gasteiger partial charge in [-0.2, -0.15) is 0 Å². The van der Waals surface area contributed by atoms with Crippen molar-refractivity contribution in [1.29, 1.82) is 0 Å². The van der Waals surface area contributed by atoms with E-state index in [2.05, 4.69) is 12.4 Å². The molecule has 0 aromatic heterocycles. The van der Waals surface area contributed by atoms with Crippen LogP contribution in [-0.4, -0.2) is 6.79 Å². The van der Waals surface area contributed by atoms with E-state index >= 15 is 0 Å². The molecule has 0 bridgehead atoms. The van der Waals surface area contributed by atoms with Crippen molar-refractivity contribution in [2.24, 2.45) is 0 Å². The van der Waals surface area contributed by atoms with Crippen LogP contribution >= 0.6 is 0 Å². The van der Waals surface area contributed by atoms with E-state index in [9.17, 15) is 0 Å². The van der Waals surface area contributed by atoms with Gasteiger partial charge < -0.3 is 14.8 Å². The summed E-state index contributed by atoms with van der Waals surface area (Å²) in [6, 6.07) is 5.83. The summed E-state index contributed by atoms with van der Waals surface area (Å²) in [6.45, 7) is 1.02. The van der Waals surface area contributed by atoms with Crippen LogP contribution in [0.25, 0.3) is 0 Å². The van der Waals surface area contributed by atoms with Crippen molar-refractivity contribution in [3.05, 3.63) is 30.8 Å². The first-order chi connectivity index (χ1) is 5.92. The Kier molecular flexibility index (Phi) is 1.87. The van der Waals surface area contributed by atoms with Crippen LogP contribution in [0.2, 0.25) is 0 Å². The topological polar surface area (TPSA) is 30.5 Å². The van der Waals surface area contributed by atoms with Gasteiger partial charge in [0, 0.05) is 19.2 Å². The van der Waals surface area contributed by atoms with Crippen molar-refractivity contribution < 1.29 is 9.47 Å². The first-order valence-electron chi connectivity index (χ1n) is 3.79. The maximum Gasteiger partial charge on any atom is 0.231 e. The Labute approximate surface area is 71.3 Å². The fourth-order valence-corrected chi connectivity index (χ4v) is 1.26. The second kappa shape index (κ2) is 3.03. The molecule has 1 aliphatic heterocycles. The molecule has 0 spiro atoms. The van der Waals surface area contributed by atoms with Crippen LogP contribution in [0.4, 0.5) is 0 Å². The van der Waals surface area contributed by atoms with E-state index in [1.165, 1.54) is 0 Å². The summed E-state index contributed by atoms with van der Waals surface area (Å²) in [4.78, 5) is 0. The van der Waals surface area contributed by atoms with Gasteiger partial charge in [0.1, 0.15) is 0 Å². The summed E-state index contributed by atoms with van der Waals surface area (Å²) in [5.41, 5.74) is 1.08. The van der Waals surface area contributed by atoms with Crippen LogP contribution in [0, 0.1) is 7.05 Å². The molecule has 3 heteroatoms. The van der Waals surface area contributed by atoms with Gasteiger partial charge in [-0.15, -0.1) is 0 Å². The summed E-state index contributed by atoms with van der Waals surface area (Å²) in [5.74, 6) is 1.66. The van der Waals surface area contributed by atoms with Gasteiger partial charge in [-0.3, -0.25) is 0 Å². The zero-order chi connectivity index (χ0) is 8.39. The summed E-state index contributed by atoms with van der Waals surface area (Å²) in [5, 5.41) is 2.83. The molecule has 1 aromatic rings. The normalized spacial score (nSPS) is 13.4. The number of para-hydroxylation sites is 1. The fourth-order valence-electron chi connectivity index (χ4n) is 1.26. The molecular formula is C9H10NO2. The Balaban J connectivity index is 2.36. The van der Waals surface area contributed by atoms with E-state index in [0.29, 0.717) is 13.3 Å². The summed E-state index contributed by atoms with van der Waals surface area (Å²) >= 11 is 0. The first-order valence-corrected chi connectivity index (χ1v) is 3.79. The van der Waals surface area contributed by atoms with Gasteiger partial charge >= 0.3 is 0 Å². The largest absolute Gasteiger partial charge is 0.454 e. The molecule has 1 heterocycles. The molecule has 0 fully saturated rings. The highest BCUT2D eigenvalue weighted by atomic mass is 16.7. The molecule has 0 saturated heterocycles. The predicted molar refractivity (Wildman–Crippen MR) is 44.8 cm³/mol. The number of benzene rings is 1. The quantitative estimate of drug-likeness (QED) is 0.714. The lowest BCUT2D eigenvalue weighted by molar-refractivity contribution is 0.173. The first kappa shape index (κ1) is 7.43. The smallest absolute Gasteiger partial charge is 0.231 e. The maximum atomic E-state index is 5.29. The highest BCUT2D eigenvalue weighted by molar-refractivity contribution is 5.47. The Hall–Kier alpha value is -1.22. The standard InChI is InChI=1S/C9H10NO2/c1-10-5-7-3-2-4-8-9(7)12-6-11-8/h2-4,10H,1,5-6H2. The van der Waals surface area contributed by atoms with Gasteiger partial charge in [-0.1, -0.05) is 12.1 Å². The molecule has 1 aromatic carbocycles. The van der Waals surface area contributed by atoms with E-state index in [4.69, 9.17) is 9.47 Å². The van der Waals surface area contributed by atoms with Gasteiger partial charge in [0.25, 0.3) is 0 Å². The molecule has 0 saturated carbocycles. The monoisotopic (exact) mass is 164 g/mol. The van der Waals surface area contributed by atoms with Crippen molar-refractivity contribution in [3.63, 3.8) is 0 Å². The van der Waals surface area contributed by atoms with Crippen molar-refractivity contribution in [1.82, 2.24) is 5.32 Å². The third kappa shape index (κ3) is 1.12. The molecular weight excluding hydrogens is 154 g/mol. The van der Waals surface area contributed by atoms with Crippen LogP contribution in [-0.2, 0) is 6.54 Å². The Morgan fingerprint density at radius 2 is 2.33 bits per heavy atom. The lowest BCUT2D eigenvalue weighted by atomic mass is 10.2. The van der Waals surface area contributed by atoms with Crippen LogP contribution in [0.1, 0.15) is 5.56 Å². The molecule has 2 rings (SSSR count). The number of rotatable bonds is 2. The van der Waals surface area contributed by atoms with Crippen LogP contribution in [0.15, 0.2) is 18.2 Å². The van der Waals surface area contributed by atoms with Gasteiger partial charge in [0.05, 0.1) is 0 Å². The van der Waals surface area contributed by atoms with Gasteiger partial charge in [-0.25, -0.2) is 0 Å². The fraction of sp³-hybridized carbons (Fsp3) is 0.222. The SMILES string of the molecule is [CH2]NCc1cccc2c1OCO2. The zero-order valence-electron chi connectivity index (χ0n) is 6.67. The lowest BCUT2D eigenvalue weighted by Gasteiger charge is -2.03. The Morgan fingerprint density at radius 3 is 3.17 bits per heavy atom. The molecule has 63 valence electrons. The molecule has 0 amide bonds. The molecule has 3 nitrogen and oxygen atoms in total. The number of hydrogen-bond acceptors (Lipinski definition) is 3. The minimum atomic E-state index is 0.323. The van der Waals surface area contributed by atoms with Crippen LogP contribution < -0.4 is 14.8 Å². The van der Waals surface area contributed by atoms with E-state index in [1.807, 2.05) is 18.2 Å². The lowest BCUT2D eigenvalue weighted by Crippen LogP contribution is -2.03. The summed E-state index contributed by atoms with van der Waals surface area (Å²) in [6.07, 6.45) is 0. The van der Waals surface area contributed by atoms with Gasteiger partial charge in [0.2, 0.25) is 6.79 Å². The Bertz CT molecular complexity index is 286.